The first kappa shape index (κ1) is 14.6. The van der Waals surface area contributed by atoms with Gasteiger partial charge in [-0.1, -0.05) is 20.8 Å². The van der Waals surface area contributed by atoms with Crippen molar-refractivity contribution in [3.63, 3.8) is 0 Å². The van der Waals surface area contributed by atoms with Crippen LogP contribution in [0.25, 0.3) is 0 Å². The lowest BCUT2D eigenvalue weighted by Crippen LogP contribution is -2.65. The van der Waals surface area contributed by atoms with Crippen LogP contribution in [0, 0.1) is 12.3 Å². The van der Waals surface area contributed by atoms with Crippen molar-refractivity contribution in [1.82, 2.24) is 10.2 Å². The van der Waals surface area contributed by atoms with Gasteiger partial charge in [-0.3, -0.25) is 9.59 Å². The second-order valence-electron chi connectivity index (χ2n) is 6.46. The van der Waals surface area contributed by atoms with Crippen LogP contribution in [-0.4, -0.2) is 28.8 Å². The molecule has 0 aliphatic carbocycles. The zero-order valence-corrected chi connectivity index (χ0v) is 12.7. The average molecular weight is 278 g/mol. The molecule has 2 atom stereocenters. The van der Waals surface area contributed by atoms with Crippen molar-refractivity contribution in [2.24, 2.45) is 5.41 Å². The molecule has 1 fully saturated rings. The van der Waals surface area contributed by atoms with Crippen LogP contribution in [0.3, 0.4) is 0 Å². The molecule has 1 N–H and O–H groups in total. The van der Waals surface area contributed by atoms with Crippen molar-refractivity contribution >= 4 is 11.8 Å². The molecule has 1 aliphatic heterocycles. The number of carbonyl (C=O) groups excluding carboxylic acids is 2. The lowest BCUT2D eigenvalue weighted by Gasteiger charge is -2.41. The first-order valence-electron chi connectivity index (χ1n) is 6.86. The third-order valence-electron chi connectivity index (χ3n) is 3.65. The molecular weight excluding hydrogens is 256 g/mol. The van der Waals surface area contributed by atoms with Crippen LogP contribution in [0.1, 0.15) is 39.2 Å². The van der Waals surface area contributed by atoms with E-state index in [-0.39, 0.29) is 17.2 Å². The Kier molecular flexibility index (Phi) is 3.63. The van der Waals surface area contributed by atoms with Crippen LogP contribution >= 0.6 is 0 Å². The molecule has 2 heterocycles. The van der Waals surface area contributed by atoms with Gasteiger partial charge in [-0.15, -0.1) is 0 Å². The van der Waals surface area contributed by atoms with Crippen molar-refractivity contribution in [2.45, 2.75) is 53.2 Å². The summed E-state index contributed by atoms with van der Waals surface area (Å²) in [6, 6.07) is 2.72. The molecule has 1 aromatic heterocycles. The SMILES string of the molecule is Cc1ccc(CN2C(=O)C(C(C)(C)C)NC(=O)C2C)o1. The maximum Gasteiger partial charge on any atom is 0.246 e. The van der Waals surface area contributed by atoms with Gasteiger partial charge < -0.3 is 14.6 Å². The highest BCUT2D eigenvalue weighted by molar-refractivity contribution is 5.97. The van der Waals surface area contributed by atoms with E-state index < -0.39 is 12.1 Å². The van der Waals surface area contributed by atoms with Gasteiger partial charge in [0.05, 0.1) is 6.54 Å². The highest BCUT2D eigenvalue weighted by Crippen LogP contribution is 2.26. The minimum Gasteiger partial charge on any atom is -0.464 e. The smallest absolute Gasteiger partial charge is 0.246 e. The van der Waals surface area contributed by atoms with Gasteiger partial charge in [-0.2, -0.15) is 0 Å². The van der Waals surface area contributed by atoms with Crippen LogP contribution < -0.4 is 5.32 Å². The van der Waals surface area contributed by atoms with Gasteiger partial charge >= 0.3 is 0 Å². The lowest BCUT2D eigenvalue weighted by atomic mass is 9.84. The number of nitrogens with one attached hydrogen (secondary N) is 1. The summed E-state index contributed by atoms with van der Waals surface area (Å²) in [6.07, 6.45) is 0. The molecule has 0 aromatic carbocycles. The molecule has 0 bridgehead atoms. The largest absolute Gasteiger partial charge is 0.464 e. The Hall–Kier alpha value is -1.78. The minimum atomic E-state index is -0.498. The molecule has 2 amide bonds. The Balaban J connectivity index is 2.24. The van der Waals surface area contributed by atoms with Gasteiger partial charge in [0.15, 0.2) is 0 Å². The number of amides is 2. The van der Waals surface area contributed by atoms with E-state index in [1.807, 2.05) is 39.8 Å². The monoisotopic (exact) mass is 278 g/mol. The van der Waals surface area contributed by atoms with E-state index in [9.17, 15) is 9.59 Å². The van der Waals surface area contributed by atoms with Gasteiger partial charge in [0.25, 0.3) is 0 Å². The highest BCUT2D eigenvalue weighted by atomic mass is 16.3. The molecule has 1 saturated heterocycles. The van der Waals surface area contributed by atoms with E-state index in [1.165, 1.54) is 0 Å². The number of aryl methyl sites for hydroxylation is 1. The standard InChI is InChI=1S/C15H22N2O3/c1-9-6-7-11(20-9)8-17-10(2)13(18)16-12(14(17)19)15(3,4)5/h6-7,10,12H,8H2,1-5H3,(H,16,18). The van der Waals surface area contributed by atoms with Crippen LogP contribution in [0.4, 0.5) is 0 Å². The Morgan fingerprint density at radius 1 is 1.30 bits per heavy atom. The predicted octanol–water partition coefficient (Wildman–Crippen LogP) is 1.85. The van der Waals surface area contributed by atoms with Crippen LogP contribution in [0.15, 0.2) is 16.5 Å². The minimum absolute atomic E-state index is 0.0568. The molecule has 0 saturated carbocycles. The van der Waals surface area contributed by atoms with Crippen LogP contribution in [0.5, 0.6) is 0 Å². The first-order valence-corrected chi connectivity index (χ1v) is 6.86. The van der Waals surface area contributed by atoms with E-state index in [2.05, 4.69) is 5.32 Å². The second-order valence-corrected chi connectivity index (χ2v) is 6.46. The van der Waals surface area contributed by atoms with Crippen LogP contribution in [0.2, 0.25) is 0 Å². The molecular formula is C15H22N2O3. The molecule has 1 aromatic rings. The fraction of sp³-hybridized carbons (Fsp3) is 0.600. The average Bonchev–Trinajstić information content (AvgIpc) is 2.73. The number of furan rings is 1. The zero-order chi connectivity index (χ0) is 15.1. The van der Waals surface area contributed by atoms with Crippen molar-refractivity contribution in [3.8, 4) is 0 Å². The van der Waals surface area contributed by atoms with Gasteiger partial charge in [0, 0.05) is 0 Å². The quantitative estimate of drug-likeness (QED) is 0.898. The lowest BCUT2D eigenvalue weighted by molar-refractivity contribution is -0.152. The summed E-state index contributed by atoms with van der Waals surface area (Å²) in [6.45, 7) is 9.76. The molecule has 20 heavy (non-hydrogen) atoms. The zero-order valence-electron chi connectivity index (χ0n) is 12.7. The third kappa shape index (κ3) is 2.71. The van der Waals surface area contributed by atoms with Crippen molar-refractivity contribution in [2.75, 3.05) is 0 Å². The normalized spacial score (nSPS) is 23.9. The number of piperazine rings is 1. The van der Waals surface area contributed by atoms with E-state index in [0.29, 0.717) is 12.3 Å². The molecule has 0 radical (unpaired) electrons. The third-order valence-corrected chi connectivity index (χ3v) is 3.65. The van der Waals surface area contributed by atoms with Gasteiger partial charge in [-0.25, -0.2) is 0 Å². The first-order chi connectivity index (χ1) is 9.20. The molecule has 1 aliphatic rings. The van der Waals surface area contributed by atoms with E-state index in [1.54, 1.807) is 11.8 Å². The fourth-order valence-corrected chi connectivity index (χ4v) is 2.36. The predicted molar refractivity (Wildman–Crippen MR) is 74.8 cm³/mol. The number of rotatable bonds is 2. The van der Waals surface area contributed by atoms with Gasteiger partial charge in [0.2, 0.25) is 11.8 Å². The Morgan fingerprint density at radius 3 is 2.45 bits per heavy atom. The maximum absolute atomic E-state index is 12.6. The number of hydrogen-bond acceptors (Lipinski definition) is 3. The van der Waals surface area contributed by atoms with Crippen LogP contribution in [-0.2, 0) is 16.1 Å². The Bertz CT molecular complexity index is 527. The number of hydrogen-bond donors (Lipinski definition) is 1. The molecule has 5 heteroatoms. The number of carbonyl (C=O) groups is 2. The summed E-state index contributed by atoms with van der Waals surface area (Å²) >= 11 is 0. The van der Waals surface area contributed by atoms with Gasteiger partial charge in [0.1, 0.15) is 23.6 Å². The van der Waals surface area contributed by atoms with Gasteiger partial charge in [-0.05, 0) is 31.4 Å². The fourth-order valence-electron chi connectivity index (χ4n) is 2.36. The summed E-state index contributed by atoms with van der Waals surface area (Å²) in [7, 11) is 0. The van der Waals surface area contributed by atoms with Crippen molar-refractivity contribution in [1.29, 1.82) is 0 Å². The number of nitrogens with zero attached hydrogens (tertiary/aromatic N) is 1. The molecule has 2 rings (SSSR count). The summed E-state index contributed by atoms with van der Waals surface area (Å²) < 4.78 is 5.51. The maximum atomic E-state index is 12.6. The topological polar surface area (TPSA) is 62.6 Å². The van der Waals surface area contributed by atoms with Crippen molar-refractivity contribution < 1.29 is 14.0 Å². The van der Waals surface area contributed by atoms with E-state index in [4.69, 9.17) is 4.42 Å². The van der Waals surface area contributed by atoms with Crippen molar-refractivity contribution in [3.05, 3.63) is 23.7 Å². The molecule has 110 valence electrons. The molecule has 0 spiro atoms. The summed E-state index contributed by atoms with van der Waals surface area (Å²) in [5, 5.41) is 2.82. The Morgan fingerprint density at radius 2 is 1.95 bits per heavy atom. The highest BCUT2D eigenvalue weighted by Gasteiger charge is 2.43. The Labute approximate surface area is 119 Å². The summed E-state index contributed by atoms with van der Waals surface area (Å²) in [5.41, 5.74) is -0.315. The molecule has 2 unspecified atom stereocenters. The van der Waals surface area contributed by atoms with E-state index in [0.717, 1.165) is 5.76 Å². The summed E-state index contributed by atoms with van der Waals surface area (Å²) in [4.78, 5) is 26.3. The second kappa shape index (κ2) is 4.96. The molecule has 5 nitrogen and oxygen atoms in total. The summed E-state index contributed by atoms with van der Waals surface area (Å²) in [5.74, 6) is 1.32. The van der Waals surface area contributed by atoms with E-state index >= 15 is 0 Å².